The smallest absolute Gasteiger partial charge is 0.346 e. The molecule has 0 amide bonds. The highest BCUT2D eigenvalue weighted by atomic mass is 32.1. The third-order valence-corrected chi connectivity index (χ3v) is 3.49. The number of rotatable bonds is 4. The minimum absolute atomic E-state index is 0.424. The van der Waals surface area contributed by atoms with E-state index in [1.807, 2.05) is 53.7 Å². The number of thiophene rings is 1. The molecule has 2 aromatic rings. The second-order valence-corrected chi connectivity index (χ2v) is 4.69. The first-order chi connectivity index (χ1) is 8.18. The standard InChI is InChI=1S/C13H13NO2S/c1-14(11-5-3-2-4-6-11)9-10-7-8-17-12(10)13(15)16/h2-8H,9H2,1H3,(H,15,16). The Bertz CT molecular complexity index is 507. The molecule has 0 aliphatic heterocycles. The van der Waals surface area contributed by atoms with Gasteiger partial charge in [-0.3, -0.25) is 0 Å². The zero-order valence-corrected chi connectivity index (χ0v) is 10.3. The summed E-state index contributed by atoms with van der Waals surface area (Å²) < 4.78 is 0. The van der Waals surface area contributed by atoms with Crippen molar-refractivity contribution in [1.82, 2.24) is 0 Å². The van der Waals surface area contributed by atoms with Gasteiger partial charge in [0.1, 0.15) is 4.88 Å². The predicted molar refractivity (Wildman–Crippen MR) is 69.8 cm³/mol. The van der Waals surface area contributed by atoms with Crippen molar-refractivity contribution in [3.8, 4) is 0 Å². The summed E-state index contributed by atoms with van der Waals surface area (Å²) in [7, 11) is 1.96. The third-order valence-electron chi connectivity index (χ3n) is 2.55. The Hall–Kier alpha value is -1.81. The van der Waals surface area contributed by atoms with Gasteiger partial charge in [0.15, 0.2) is 0 Å². The minimum atomic E-state index is -0.850. The van der Waals surface area contributed by atoms with Crippen LogP contribution in [0.4, 0.5) is 5.69 Å². The second-order valence-electron chi connectivity index (χ2n) is 3.77. The average Bonchev–Trinajstić information content (AvgIpc) is 2.78. The molecule has 0 fully saturated rings. The van der Waals surface area contributed by atoms with Crippen LogP contribution in [0.15, 0.2) is 41.8 Å². The van der Waals surface area contributed by atoms with Gasteiger partial charge >= 0.3 is 5.97 Å². The van der Waals surface area contributed by atoms with Gasteiger partial charge in [-0.25, -0.2) is 4.79 Å². The molecule has 4 heteroatoms. The van der Waals surface area contributed by atoms with Crippen LogP contribution in [-0.4, -0.2) is 18.1 Å². The number of nitrogens with zero attached hydrogens (tertiary/aromatic N) is 1. The molecule has 0 unspecified atom stereocenters. The highest BCUT2D eigenvalue weighted by Gasteiger charge is 2.13. The number of aromatic carboxylic acids is 1. The number of carbonyl (C=O) groups is 1. The van der Waals surface area contributed by atoms with E-state index >= 15 is 0 Å². The van der Waals surface area contributed by atoms with E-state index < -0.39 is 5.97 Å². The summed E-state index contributed by atoms with van der Waals surface area (Å²) in [4.78, 5) is 13.5. The molecule has 0 saturated heterocycles. The van der Waals surface area contributed by atoms with Crippen molar-refractivity contribution in [3.63, 3.8) is 0 Å². The molecule has 0 aliphatic rings. The number of para-hydroxylation sites is 1. The normalized spacial score (nSPS) is 10.2. The number of carboxylic acids is 1. The van der Waals surface area contributed by atoms with E-state index in [1.54, 1.807) is 0 Å². The summed E-state index contributed by atoms with van der Waals surface area (Å²) in [5, 5.41) is 10.8. The van der Waals surface area contributed by atoms with E-state index in [4.69, 9.17) is 5.11 Å². The minimum Gasteiger partial charge on any atom is -0.477 e. The first-order valence-corrected chi connectivity index (χ1v) is 6.12. The van der Waals surface area contributed by atoms with Gasteiger partial charge in [0.25, 0.3) is 0 Å². The third kappa shape index (κ3) is 2.65. The summed E-state index contributed by atoms with van der Waals surface area (Å²) in [5.41, 5.74) is 1.93. The first-order valence-electron chi connectivity index (χ1n) is 5.24. The van der Waals surface area contributed by atoms with Gasteiger partial charge in [-0.2, -0.15) is 0 Å². The summed E-state index contributed by atoms with van der Waals surface area (Å²) in [5.74, 6) is -0.850. The Morgan fingerprint density at radius 2 is 2.00 bits per heavy atom. The topological polar surface area (TPSA) is 40.5 Å². The van der Waals surface area contributed by atoms with E-state index in [-0.39, 0.29) is 0 Å². The van der Waals surface area contributed by atoms with Crippen molar-refractivity contribution in [2.75, 3.05) is 11.9 Å². The molecule has 3 nitrogen and oxygen atoms in total. The Labute approximate surface area is 104 Å². The lowest BCUT2D eigenvalue weighted by Crippen LogP contribution is -2.17. The lowest BCUT2D eigenvalue weighted by molar-refractivity contribution is 0.0701. The van der Waals surface area contributed by atoms with Gasteiger partial charge in [-0.15, -0.1) is 11.3 Å². The molecule has 0 spiro atoms. The van der Waals surface area contributed by atoms with Gasteiger partial charge in [-0.1, -0.05) is 18.2 Å². The van der Waals surface area contributed by atoms with Gasteiger partial charge in [-0.05, 0) is 29.1 Å². The van der Waals surface area contributed by atoms with Gasteiger partial charge in [0, 0.05) is 19.3 Å². The largest absolute Gasteiger partial charge is 0.477 e. The quantitative estimate of drug-likeness (QED) is 0.902. The summed E-state index contributed by atoms with van der Waals surface area (Å²) >= 11 is 1.27. The van der Waals surface area contributed by atoms with Crippen LogP contribution in [0.1, 0.15) is 15.2 Å². The number of hydrogen-bond acceptors (Lipinski definition) is 3. The van der Waals surface area contributed by atoms with Crippen molar-refractivity contribution in [1.29, 1.82) is 0 Å². The molecule has 1 aromatic heterocycles. The van der Waals surface area contributed by atoms with Gasteiger partial charge < -0.3 is 10.0 Å². The molecule has 1 aromatic carbocycles. The van der Waals surface area contributed by atoms with Crippen LogP contribution < -0.4 is 4.90 Å². The maximum Gasteiger partial charge on any atom is 0.346 e. The number of anilines is 1. The van der Waals surface area contributed by atoms with Crippen LogP contribution in [0.2, 0.25) is 0 Å². The van der Waals surface area contributed by atoms with Crippen LogP contribution in [0, 0.1) is 0 Å². The number of benzene rings is 1. The lowest BCUT2D eigenvalue weighted by atomic mass is 10.2. The highest BCUT2D eigenvalue weighted by molar-refractivity contribution is 7.12. The van der Waals surface area contributed by atoms with Crippen molar-refractivity contribution < 1.29 is 9.90 Å². The van der Waals surface area contributed by atoms with E-state index in [0.29, 0.717) is 11.4 Å². The molecule has 1 heterocycles. The molecule has 0 saturated carbocycles. The van der Waals surface area contributed by atoms with Crippen molar-refractivity contribution in [3.05, 3.63) is 52.2 Å². The van der Waals surface area contributed by atoms with E-state index in [9.17, 15) is 4.79 Å². The molecule has 17 heavy (non-hydrogen) atoms. The van der Waals surface area contributed by atoms with Crippen LogP contribution >= 0.6 is 11.3 Å². The molecule has 2 rings (SSSR count). The van der Waals surface area contributed by atoms with Crippen LogP contribution in [-0.2, 0) is 6.54 Å². The first kappa shape index (κ1) is 11.7. The Morgan fingerprint density at radius 3 is 2.65 bits per heavy atom. The predicted octanol–water partition coefficient (Wildman–Crippen LogP) is 3.08. The fourth-order valence-corrected chi connectivity index (χ4v) is 2.43. The molecule has 88 valence electrons. The van der Waals surface area contributed by atoms with Crippen molar-refractivity contribution in [2.45, 2.75) is 6.54 Å². The van der Waals surface area contributed by atoms with Crippen molar-refractivity contribution in [2.24, 2.45) is 0 Å². The number of carboxylic acid groups (broad SMARTS) is 1. The average molecular weight is 247 g/mol. The zero-order chi connectivity index (χ0) is 12.3. The fourth-order valence-electron chi connectivity index (χ4n) is 1.68. The summed E-state index contributed by atoms with van der Waals surface area (Å²) in [6, 6.07) is 11.8. The Kier molecular flexibility index (Phi) is 3.44. The van der Waals surface area contributed by atoms with Gasteiger partial charge in [0.05, 0.1) is 0 Å². The maximum absolute atomic E-state index is 11.0. The monoisotopic (exact) mass is 247 g/mol. The van der Waals surface area contributed by atoms with Crippen LogP contribution in [0.25, 0.3) is 0 Å². The SMILES string of the molecule is CN(Cc1ccsc1C(=O)O)c1ccccc1. The molecule has 0 atom stereocenters. The fraction of sp³-hybridized carbons (Fsp3) is 0.154. The van der Waals surface area contributed by atoms with Crippen molar-refractivity contribution >= 4 is 23.0 Å². The van der Waals surface area contributed by atoms with Crippen LogP contribution in [0.3, 0.4) is 0 Å². The molecule has 0 aliphatic carbocycles. The zero-order valence-electron chi connectivity index (χ0n) is 9.46. The van der Waals surface area contributed by atoms with E-state index in [0.717, 1.165) is 11.3 Å². The highest BCUT2D eigenvalue weighted by Crippen LogP contribution is 2.21. The molecule has 0 radical (unpaired) electrons. The lowest BCUT2D eigenvalue weighted by Gasteiger charge is -2.18. The summed E-state index contributed by atoms with van der Waals surface area (Å²) in [6.07, 6.45) is 0. The summed E-state index contributed by atoms with van der Waals surface area (Å²) in [6.45, 7) is 0.606. The van der Waals surface area contributed by atoms with Crippen LogP contribution in [0.5, 0.6) is 0 Å². The van der Waals surface area contributed by atoms with E-state index in [2.05, 4.69) is 0 Å². The molecule has 1 N–H and O–H groups in total. The van der Waals surface area contributed by atoms with Gasteiger partial charge in [0.2, 0.25) is 0 Å². The second kappa shape index (κ2) is 5.01. The number of hydrogen-bond donors (Lipinski definition) is 1. The Morgan fingerprint density at radius 1 is 1.29 bits per heavy atom. The Balaban J connectivity index is 2.16. The molecular weight excluding hydrogens is 234 g/mol. The molecule has 0 bridgehead atoms. The molecular formula is C13H13NO2S. The van der Waals surface area contributed by atoms with E-state index in [1.165, 1.54) is 11.3 Å². The maximum atomic E-state index is 11.0.